The summed E-state index contributed by atoms with van der Waals surface area (Å²) in [6.45, 7) is 11.7. The van der Waals surface area contributed by atoms with Gasteiger partial charge in [0.15, 0.2) is 0 Å². The summed E-state index contributed by atoms with van der Waals surface area (Å²) in [6.07, 6.45) is 0.999. The fourth-order valence-corrected chi connectivity index (χ4v) is 2.15. The molecule has 4 nitrogen and oxygen atoms in total. The smallest absolute Gasteiger partial charge is 0.246 e. The molecule has 2 unspecified atom stereocenters. The summed E-state index contributed by atoms with van der Waals surface area (Å²) in [7, 11) is 0. The Bertz CT molecular complexity index is 252. The van der Waals surface area contributed by atoms with Crippen molar-refractivity contribution in [2.75, 3.05) is 0 Å². The van der Waals surface area contributed by atoms with E-state index in [1.54, 1.807) is 6.92 Å². The number of amides is 1. The highest BCUT2D eigenvalue weighted by molar-refractivity contribution is 5.75. The average molecular weight is 244 g/mol. The molecule has 0 spiro atoms. The van der Waals surface area contributed by atoms with E-state index in [9.17, 15) is 10.0 Å². The predicted octanol–water partition coefficient (Wildman–Crippen LogP) is 2.40. The number of nitrogens with two attached hydrogens (primary N) is 1. The summed E-state index contributed by atoms with van der Waals surface area (Å²) in [5, 5.41) is 10.7. The van der Waals surface area contributed by atoms with Gasteiger partial charge in [-0.1, -0.05) is 27.7 Å². The van der Waals surface area contributed by atoms with Crippen molar-refractivity contribution in [3.8, 4) is 0 Å². The number of hydroxylamine groups is 2. The second-order valence-electron chi connectivity index (χ2n) is 5.87. The lowest BCUT2D eigenvalue weighted by Gasteiger charge is -2.37. The molecule has 0 heterocycles. The van der Waals surface area contributed by atoms with Crippen molar-refractivity contribution >= 4 is 5.91 Å². The zero-order valence-corrected chi connectivity index (χ0v) is 12.0. The summed E-state index contributed by atoms with van der Waals surface area (Å²) >= 11 is 0. The Hall–Kier alpha value is -0.610. The monoisotopic (exact) mass is 244 g/mol. The average Bonchev–Trinajstić information content (AvgIpc) is 2.24. The van der Waals surface area contributed by atoms with E-state index in [0.29, 0.717) is 18.8 Å². The zero-order chi connectivity index (χ0) is 13.8. The molecule has 0 saturated heterocycles. The van der Waals surface area contributed by atoms with E-state index in [0.717, 1.165) is 5.06 Å². The third-order valence-electron chi connectivity index (χ3n) is 3.36. The third-order valence-corrected chi connectivity index (χ3v) is 3.36. The van der Waals surface area contributed by atoms with Crippen molar-refractivity contribution < 1.29 is 10.0 Å². The van der Waals surface area contributed by atoms with Gasteiger partial charge in [0.25, 0.3) is 0 Å². The highest BCUT2D eigenvalue weighted by atomic mass is 16.5. The molecule has 0 aromatic carbocycles. The topological polar surface area (TPSA) is 66.6 Å². The summed E-state index contributed by atoms with van der Waals surface area (Å²) in [4.78, 5) is 11.5. The van der Waals surface area contributed by atoms with Crippen LogP contribution in [0, 0.1) is 11.8 Å². The van der Waals surface area contributed by atoms with Gasteiger partial charge in [-0.05, 0) is 32.1 Å². The van der Waals surface area contributed by atoms with Crippen LogP contribution in [0.2, 0.25) is 0 Å². The van der Waals surface area contributed by atoms with Gasteiger partial charge in [0.1, 0.15) is 0 Å². The molecule has 3 N–H and O–H groups in total. The van der Waals surface area contributed by atoms with Crippen molar-refractivity contribution in [1.82, 2.24) is 5.06 Å². The minimum atomic E-state index is -0.570. The standard InChI is InChI=1S/C13H28N2O2/c1-7-11(16)15(17)13(5,6)8-10(4)12(14)9(2)3/h9-10,12,17H,7-8,14H2,1-6H3. The molecule has 0 bridgehead atoms. The molecule has 0 aliphatic rings. The van der Waals surface area contributed by atoms with E-state index in [1.807, 2.05) is 13.8 Å². The number of hydrogen-bond donors (Lipinski definition) is 2. The summed E-state index contributed by atoms with van der Waals surface area (Å²) in [6, 6.07) is 0.0828. The summed E-state index contributed by atoms with van der Waals surface area (Å²) < 4.78 is 0. The van der Waals surface area contributed by atoms with Crippen molar-refractivity contribution in [2.24, 2.45) is 17.6 Å². The molecule has 0 rings (SSSR count). The van der Waals surface area contributed by atoms with Crippen LogP contribution in [-0.2, 0) is 4.79 Å². The first-order chi connectivity index (χ1) is 7.63. The molecule has 0 fully saturated rings. The number of carbonyl (C=O) groups excluding carboxylic acids is 1. The van der Waals surface area contributed by atoms with E-state index in [-0.39, 0.29) is 17.9 Å². The lowest BCUT2D eigenvalue weighted by Crippen LogP contribution is -2.48. The van der Waals surface area contributed by atoms with Gasteiger partial charge >= 0.3 is 0 Å². The molecule has 0 saturated carbocycles. The minimum absolute atomic E-state index is 0.0828. The fourth-order valence-electron chi connectivity index (χ4n) is 2.15. The fraction of sp³-hybridized carbons (Fsp3) is 0.923. The van der Waals surface area contributed by atoms with Crippen LogP contribution >= 0.6 is 0 Å². The van der Waals surface area contributed by atoms with Gasteiger partial charge < -0.3 is 5.73 Å². The molecular formula is C13H28N2O2. The number of carbonyl (C=O) groups is 1. The second kappa shape index (κ2) is 6.36. The van der Waals surface area contributed by atoms with E-state index in [2.05, 4.69) is 20.8 Å². The van der Waals surface area contributed by atoms with Gasteiger partial charge in [0.05, 0.1) is 5.54 Å². The molecule has 17 heavy (non-hydrogen) atoms. The highest BCUT2D eigenvalue weighted by Crippen LogP contribution is 2.26. The molecule has 0 aliphatic carbocycles. The van der Waals surface area contributed by atoms with Crippen molar-refractivity contribution in [1.29, 1.82) is 0 Å². The van der Waals surface area contributed by atoms with Crippen LogP contribution in [0.3, 0.4) is 0 Å². The molecule has 102 valence electrons. The van der Waals surface area contributed by atoms with Crippen LogP contribution in [-0.4, -0.2) is 27.8 Å². The van der Waals surface area contributed by atoms with Crippen LogP contribution in [0.15, 0.2) is 0 Å². The van der Waals surface area contributed by atoms with E-state index in [4.69, 9.17) is 5.73 Å². The molecule has 4 heteroatoms. The predicted molar refractivity (Wildman–Crippen MR) is 69.6 cm³/mol. The van der Waals surface area contributed by atoms with Crippen LogP contribution < -0.4 is 5.73 Å². The maximum atomic E-state index is 11.5. The summed E-state index contributed by atoms with van der Waals surface area (Å²) in [5.41, 5.74) is 5.52. The van der Waals surface area contributed by atoms with E-state index >= 15 is 0 Å². The van der Waals surface area contributed by atoms with Crippen LogP contribution in [0.4, 0.5) is 0 Å². The van der Waals surface area contributed by atoms with Crippen molar-refractivity contribution in [2.45, 2.75) is 66.0 Å². The first-order valence-electron chi connectivity index (χ1n) is 6.41. The Balaban J connectivity index is 4.58. The van der Waals surface area contributed by atoms with Gasteiger partial charge in [0, 0.05) is 12.5 Å². The Morgan fingerprint density at radius 3 is 2.18 bits per heavy atom. The number of nitrogens with zero attached hydrogens (tertiary/aromatic N) is 1. The maximum Gasteiger partial charge on any atom is 0.246 e. The van der Waals surface area contributed by atoms with Gasteiger partial charge in [-0.25, -0.2) is 5.06 Å². The molecule has 0 aliphatic heterocycles. The molecule has 0 radical (unpaired) electrons. The molecule has 0 aromatic rings. The molecular weight excluding hydrogens is 216 g/mol. The van der Waals surface area contributed by atoms with Crippen LogP contribution in [0.25, 0.3) is 0 Å². The zero-order valence-electron chi connectivity index (χ0n) is 12.0. The van der Waals surface area contributed by atoms with E-state index in [1.165, 1.54) is 0 Å². The normalized spacial score (nSPS) is 15.8. The maximum absolute atomic E-state index is 11.5. The Kier molecular flexibility index (Phi) is 6.13. The minimum Gasteiger partial charge on any atom is -0.327 e. The molecule has 1 amide bonds. The summed E-state index contributed by atoms with van der Waals surface area (Å²) in [5.74, 6) is 0.402. The van der Waals surface area contributed by atoms with Crippen molar-refractivity contribution in [3.05, 3.63) is 0 Å². The van der Waals surface area contributed by atoms with Crippen LogP contribution in [0.1, 0.15) is 54.4 Å². The Morgan fingerprint density at radius 1 is 1.35 bits per heavy atom. The molecule has 0 aromatic heterocycles. The third kappa shape index (κ3) is 4.64. The quantitative estimate of drug-likeness (QED) is 0.557. The Morgan fingerprint density at radius 2 is 1.82 bits per heavy atom. The highest BCUT2D eigenvalue weighted by Gasteiger charge is 2.32. The number of hydrogen-bond acceptors (Lipinski definition) is 3. The number of rotatable bonds is 6. The lowest BCUT2D eigenvalue weighted by atomic mass is 9.83. The SMILES string of the molecule is CCC(=O)N(O)C(C)(C)CC(C)C(N)C(C)C. The first kappa shape index (κ1) is 16.4. The van der Waals surface area contributed by atoms with Crippen LogP contribution in [0.5, 0.6) is 0 Å². The largest absolute Gasteiger partial charge is 0.327 e. The Labute approximate surface area is 105 Å². The van der Waals surface area contributed by atoms with Gasteiger partial charge in [-0.15, -0.1) is 0 Å². The lowest BCUT2D eigenvalue weighted by molar-refractivity contribution is -0.191. The van der Waals surface area contributed by atoms with Gasteiger partial charge in [-0.2, -0.15) is 0 Å². The second-order valence-corrected chi connectivity index (χ2v) is 5.87. The van der Waals surface area contributed by atoms with Gasteiger partial charge in [0.2, 0.25) is 5.91 Å². The van der Waals surface area contributed by atoms with Crippen molar-refractivity contribution in [3.63, 3.8) is 0 Å². The first-order valence-corrected chi connectivity index (χ1v) is 6.41. The van der Waals surface area contributed by atoms with E-state index < -0.39 is 5.54 Å². The molecule has 2 atom stereocenters. The van der Waals surface area contributed by atoms with Gasteiger partial charge in [-0.3, -0.25) is 10.0 Å².